The van der Waals surface area contributed by atoms with E-state index in [4.69, 9.17) is 0 Å². The number of rotatable bonds is 5. The van der Waals surface area contributed by atoms with E-state index in [1.807, 2.05) is 42.9 Å². The van der Waals surface area contributed by atoms with Crippen LogP contribution in [0.1, 0.15) is 35.5 Å². The molecule has 0 fully saturated rings. The van der Waals surface area contributed by atoms with Gasteiger partial charge in [0.15, 0.2) is 0 Å². The van der Waals surface area contributed by atoms with Crippen molar-refractivity contribution < 1.29 is 4.79 Å². The highest BCUT2D eigenvalue weighted by Crippen LogP contribution is 2.25. The number of aromatic nitrogens is 3. The normalized spacial score (nSPS) is 14.4. The van der Waals surface area contributed by atoms with Gasteiger partial charge in [-0.3, -0.25) is 4.79 Å². The summed E-state index contributed by atoms with van der Waals surface area (Å²) in [5, 5.41) is 3.06. The second-order valence-electron chi connectivity index (χ2n) is 7.20. The lowest BCUT2D eigenvalue weighted by molar-refractivity contribution is -0.124. The topological polar surface area (TPSA) is 63.1 Å². The summed E-state index contributed by atoms with van der Waals surface area (Å²) < 4.78 is 1.88. The zero-order valence-corrected chi connectivity index (χ0v) is 16.3. The summed E-state index contributed by atoms with van der Waals surface area (Å²) in [5.41, 5.74) is 3.79. The molecule has 0 saturated heterocycles. The third-order valence-electron chi connectivity index (χ3n) is 5.41. The zero-order chi connectivity index (χ0) is 19.5. The van der Waals surface area contributed by atoms with Crippen molar-refractivity contribution in [3.05, 3.63) is 77.5 Å². The molecule has 2 aromatic heterocycles. The second kappa shape index (κ2) is 7.84. The van der Waals surface area contributed by atoms with Crippen LogP contribution in [0, 0.1) is 6.92 Å². The zero-order valence-electron chi connectivity index (χ0n) is 16.3. The fraction of sp³-hybridized carbons (Fsp3) is 0.318. The molecule has 6 nitrogen and oxygen atoms in total. The van der Waals surface area contributed by atoms with E-state index >= 15 is 0 Å². The molecular formula is C22H25N5O. The van der Waals surface area contributed by atoms with Crippen LogP contribution in [-0.4, -0.2) is 27.0 Å². The second-order valence-corrected chi connectivity index (χ2v) is 7.20. The van der Waals surface area contributed by atoms with Crippen molar-refractivity contribution in [1.82, 2.24) is 19.9 Å². The van der Waals surface area contributed by atoms with Gasteiger partial charge in [0.1, 0.15) is 17.7 Å². The molecule has 144 valence electrons. The highest BCUT2D eigenvalue weighted by molar-refractivity contribution is 5.80. The van der Waals surface area contributed by atoms with Gasteiger partial charge in [0.25, 0.3) is 0 Å². The molecule has 6 heteroatoms. The number of fused-ring (bicyclic) bond motifs is 1. The fourth-order valence-corrected chi connectivity index (χ4v) is 3.78. The molecule has 1 aromatic carbocycles. The molecule has 3 aromatic rings. The summed E-state index contributed by atoms with van der Waals surface area (Å²) in [6.45, 7) is 6.02. The standard InChI is InChI=1S/C22H25N5O/c1-16(27-13-11-23-17(27)2)22(28)25-14-19-8-5-10-24-21(19)26-12-9-18-6-3-4-7-20(18)15-26/h3-8,10-11,13,16H,9,12,14-15H2,1-2H3,(H,25,28). The van der Waals surface area contributed by atoms with E-state index in [0.717, 1.165) is 36.7 Å². The van der Waals surface area contributed by atoms with E-state index in [1.54, 1.807) is 6.20 Å². The number of carbonyl (C=O) groups excluding carboxylic acids is 1. The molecule has 1 unspecified atom stereocenters. The van der Waals surface area contributed by atoms with Crippen molar-refractivity contribution in [3.63, 3.8) is 0 Å². The van der Waals surface area contributed by atoms with Crippen LogP contribution in [0.2, 0.25) is 0 Å². The Morgan fingerprint density at radius 2 is 1.96 bits per heavy atom. The van der Waals surface area contributed by atoms with Crippen LogP contribution < -0.4 is 10.2 Å². The average molecular weight is 375 g/mol. The molecule has 0 spiro atoms. The van der Waals surface area contributed by atoms with E-state index in [2.05, 4.69) is 44.5 Å². The Morgan fingerprint density at radius 1 is 1.14 bits per heavy atom. The van der Waals surface area contributed by atoms with E-state index < -0.39 is 0 Å². The molecule has 1 N–H and O–H groups in total. The van der Waals surface area contributed by atoms with Gasteiger partial charge in [-0.25, -0.2) is 9.97 Å². The van der Waals surface area contributed by atoms with Crippen molar-refractivity contribution in [3.8, 4) is 0 Å². The van der Waals surface area contributed by atoms with Crippen molar-refractivity contribution >= 4 is 11.7 Å². The Balaban J connectivity index is 1.47. The van der Waals surface area contributed by atoms with Crippen LogP contribution in [0.3, 0.4) is 0 Å². The molecule has 28 heavy (non-hydrogen) atoms. The first kappa shape index (κ1) is 18.2. The number of aryl methyl sites for hydroxylation is 1. The summed E-state index contributed by atoms with van der Waals surface area (Å²) in [6.07, 6.45) is 6.38. The highest BCUT2D eigenvalue weighted by atomic mass is 16.2. The number of nitrogens with one attached hydrogen (secondary N) is 1. The van der Waals surface area contributed by atoms with Gasteiger partial charge >= 0.3 is 0 Å². The van der Waals surface area contributed by atoms with Gasteiger partial charge in [-0.1, -0.05) is 30.3 Å². The predicted octanol–water partition coefficient (Wildman–Crippen LogP) is 3.03. The molecule has 1 atom stereocenters. The fourth-order valence-electron chi connectivity index (χ4n) is 3.78. The summed E-state index contributed by atoms with van der Waals surface area (Å²) in [4.78, 5) is 23.7. The molecule has 1 aliphatic rings. The lowest BCUT2D eigenvalue weighted by Crippen LogP contribution is -2.34. The van der Waals surface area contributed by atoms with Crippen molar-refractivity contribution in [2.45, 2.75) is 39.4 Å². The minimum atomic E-state index is -0.301. The Labute approximate surface area is 165 Å². The summed E-state index contributed by atoms with van der Waals surface area (Å²) in [6, 6.07) is 12.2. The number of hydrogen-bond donors (Lipinski definition) is 1. The Bertz CT molecular complexity index is 980. The number of hydrogen-bond acceptors (Lipinski definition) is 4. The lowest BCUT2D eigenvalue weighted by Gasteiger charge is -2.31. The van der Waals surface area contributed by atoms with Crippen LogP contribution in [0.15, 0.2) is 55.0 Å². The van der Waals surface area contributed by atoms with E-state index in [-0.39, 0.29) is 11.9 Å². The molecule has 0 bridgehead atoms. The van der Waals surface area contributed by atoms with Crippen molar-refractivity contribution in [1.29, 1.82) is 0 Å². The Hall–Kier alpha value is -3.15. The van der Waals surface area contributed by atoms with Gasteiger partial charge in [0, 0.05) is 43.8 Å². The van der Waals surface area contributed by atoms with Gasteiger partial charge in [0.05, 0.1) is 0 Å². The Kier molecular flexibility index (Phi) is 5.10. The number of imidazole rings is 1. The third-order valence-corrected chi connectivity index (χ3v) is 5.41. The predicted molar refractivity (Wildman–Crippen MR) is 109 cm³/mol. The maximum Gasteiger partial charge on any atom is 0.243 e. The largest absolute Gasteiger partial charge is 0.352 e. The summed E-state index contributed by atoms with van der Waals surface area (Å²) in [5.74, 6) is 1.75. The van der Waals surface area contributed by atoms with E-state index in [9.17, 15) is 4.79 Å². The van der Waals surface area contributed by atoms with E-state index in [0.29, 0.717) is 6.54 Å². The molecule has 0 saturated carbocycles. The van der Waals surface area contributed by atoms with Crippen LogP contribution >= 0.6 is 0 Å². The Morgan fingerprint density at radius 3 is 2.75 bits per heavy atom. The molecule has 1 amide bonds. The number of carbonyl (C=O) groups is 1. The lowest BCUT2D eigenvalue weighted by atomic mass is 9.99. The maximum atomic E-state index is 12.6. The number of benzene rings is 1. The molecule has 4 rings (SSSR count). The van der Waals surface area contributed by atoms with Gasteiger partial charge < -0.3 is 14.8 Å². The minimum Gasteiger partial charge on any atom is -0.352 e. The molecule has 3 heterocycles. The highest BCUT2D eigenvalue weighted by Gasteiger charge is 2.21. The molecule has 1 aliphatic heterocycles. The van der Waals surface area contributed by atoms with Crippen molar-refractivity contribution in [2.75, 3.05) is 11.4 Å². The third kappa shape index (κ3) is 3.63. The smallest absolute Gasteiger partial charge is 0.243 e. The van der Waals surface area contributed by atoms with Gasteiger partial charge in [0.2, 0.25) is 5.91 Å². The molecule has 0 aliphatic carbocycles. The first-order valence-corrected chi connectivity index (χ1v) is 9.66. The number of amides is 1. The summed E-state index contributed by atoms with van der Waals surface area (Å²) >= 11 is 0. The monoisotopic (exact) mass is 375 g/mol. The quantitative estimate of drug-likeness (QED) is 0.745. The number of nitrogens with zero attached hydrogens (tertiary/aromatic N) is 4. The van der Waals surface area contributed by atoms with Crippen LogP contribution in [0.4, 0.5) is 5.82 Å². The van der Waals surface area contributed by atoms with Crippen LogP contribution in [0.5, 0.6) is 0 Å². The van der Waals surface area contributed by atoms with Gasteiger partial charge in [-0.15, -0.1) is 0 Å². The maximum absolute atomic E-state index is 12.6. The van der Waals surface area contributed by atoms with Gasteiger partial charge in [-0.2, -0.15) is 0 Å². The van der Waals surface area contributed by atoms with Crippen LogP contribution in [0.25, 0.3) is 0 Å². The molecule has 0 radical (unpaired) electrons. The number of pyridine rings is 1. The first-order valence-electron chi connectivity index (χ1n) is 9.66. The first-order chi connectivity index (χ1) is 13.6. The van der Waals surface area contributed by atoms with Crippen molar-refractivity contribution in [2.24, 2.45) is 0 Å². The number of anilines is 1. The summed E-state index contributed by atoms with van der Waals surface area (Å²) in [7, 11) is 0. The molecular weight excluding hydrogens is 350 g/mol. The van der Waals surface area contributed by atoms with Crippen LogP contribution in [-0.2, 0) is 24.3 Å². The minimum absolute atomic E-state index is 0.0279. The van der Waals surface area contributed by atoms with E-state index in [1.165, 1.54) is 11.1 Å². The SMILES string of the molecule is Cc1nccn1C(C)C(=O)NCc1cccnc1N1CCc2ccccc2C1. The average Bonchev–Trinajstić information content (AvgIpc) is 3.17. The van der Waals surface area contributed by atoms with Gasteiger partial charge in [-0.05, 0) is 37.5 Å².